The lowest BCUT2D eigenvalue weighted by atomic mass is 10.0. The minimum absolute atomic E-state index is 0.00671. The number of halogens is 1. The SMILES string of the molecule is CC(C)n1c(O[C@@H]2C[C@H]3C(=O)N[C@]4(C(=O)NS(=O)(=O)N(C)C)C[C@@H]4/C=C\CCCCC[C@H](NC(=O)OC(C)(C)C)C(=O)N3C2)nc2c(-c3nc(-c4ccccc4Cl)cs3)cccc21. The number of imidazole rings is 1. The number of carbonyl (C=O) groups excluding carboxylic acids is 4. The summed E-state index contributed by atoms with van der Waals surface area (Å²) in [4.78, 5) is 67.7. The second-order valence-electron chi connectivity index (χ2n) is 17.8. The van der Waals surface area contributed by atoms with Gasteiger partial charge in [-0.25, -0.2) is 14.5 Å². The molecule has 19 heteroatoms. The molecule has 1 saturated heterocycles. The predicted octanol–water partition coefficient (Wildman–Crippen LogP) is 6.62. The van der Waals surface area contributed by atoms with Gasteiger partial charge in [0, 0.05) is 54.0 Å². The van der Waals surface area contributed by atoms with E-state index in [-0.39, 0.29) is 37.9 Å². The van der Waals surface area contributed by atoms with Gasteiger partial charge in [0.1, 0.15) is 39.9 Å². The molecule has 4 heterocycles. The van der Waals surface area contributed by atoms with Crippen molar-refractivity contribution in [1.82, 2.24) is 39.1 Å². The largest absolute Gasteiger partial charge is 0.459 e. The normalized spacial score (nSPS) is 23.9. The first kappa shape index (κ1) is 46.0. The van der Waals surface area contributed by atoms with Crippen molar-refractivity contribution >= 4 is 68.0 Å². The molecule has 2 aliphatic heterocycles. The molecule has 63 heavy (non-hydrogen) atoms. The number of hydrogen-bond acceptors (Lipinski definition) is 11. The first-order valence-electron chi connectivity index (χ1n) is 21.2. The number of thiazole rings is 1. The Morgan fingerprint density at radius 3 is 2.51 bits per heavy atom. The number of nitrogens with zero attached hydrogens (tertiary/aromatic N) is 5. The van der Waals surface area contributed by atoms with E-state index in [0.717, 1.165) is 44.5 Å². The van der Waals surface area contributed by atoms with Crippen molar-refractivity contribution in [2.24, 2.45) is 5.92 Å². The molecule has 3 N–H and O–H groups in total. The van der Waals surface area contributed by atoms with Crippen molar-refractivity contribution in [2.75, 3.05) is 20.6 Å². The monoisotopic (exact) mass is 922 g/mol. The minimum Gasteiger partial charge on any atom is -0.459 e. The Balaban J connectivity index is 1.23. The van der Waals surface area contributed by atoms with E-state index in [1.165, 1.54) is 30.3 Å². The van der Waals surface area contributed by atoms with Gasteiger partial charge in [-0.2, -0.15) is 17.7 Å². The summed E-state index contributed by atoms with van der Waals surface area (Å²) in [5.74, 6) is -2.54. The van der Waals surface area contributed by atoms with Crippen molar-refractivity contribution < 1.29 is 37.1 Å². The van der Waals surface area contributed by atoms with Gasteiger partial charge in [-0.05, 0) is 78.5 Å². The van der Waals surface area contributed by atoms with E-state index in [2.05, 4.69) is 15.4 Å². The molecule has 0 radical (unpaired) electrons. The highest BCUT2D eigenvalue weighted by molar-refractivity contribution is 7.87. The Bertz CT molecular complexity index is 2530. The number of rotatable bonds is 9. The van der Waals surface area contributed by atoms with E-state index in [9.17, 15) is 27.6 Å². The number of hydrogen-bond donors (Lipinski definition) is 3. The maximum Gasteiger partial charge on any atom is 0.408 e. The zero-order valence-electron chi connectivity index (χ0n) is 36.5. The van der Waals surface area contributed by atoms with Crippen LogP contribution in [0.15, 0.2) is 60.0 Å². The van der Waals surface area contributed by atoms with Crippen LogP contribution in [0.25, 0.3) is 32.9 Å². The fourth-order valence-electron chi connectivity index (χ4n) is 8.10. The van der Waals surface area contributed by atoms with Gasteiger partial charge in [0.2, 0.25) is 11.8 Å². The summed E-state index contributed by atoms with van der Waals surface area (Å²) in [6.07, 6.45) is 5.47. The Kier molecular flexibility index (Phi) is 13.3. The van der Waals surface area contributed by atoms with E-state index < -0.39 is 69.3 Å². The summed E-state index contributed by atoms with van der Waals surface area (Å²) >= 11 is 7.98. The van der Waals surface area contributed by atoms with Gasteiger partial charge < -0.3 is 25.0 Å². The third-order valence-electron chi connectivity index (χ3n) is 11.4. The molecule has 2 aromatic carbocycles. The van der Waals surface area contributed by atoms with Gasteiger partial charge in [-0.15, -0.1) is 11.3 Å². The minimum atomic E-state index is -4.20. The average Bonchev–Trinajstić information content (AvgIpc) is 3.55. The number of benzene rings is 2. The van der Waals surface area contributed by atoms with Crippen molar-refractivity contribution in [3.05, 3.63) is 65.0 Å². The van der Waals surface area contributed by atoms with E-state index in [4.69, 9.17) is 31.0 Å². The smallest absolute Gasteiger partial charge is 0.408 e. The van der Waals surface area contributed by atoms with Crippen molar-refractivity contribution in [2.45, 2.75) is 115 Å². The van der Waals surface area contributed by atoms with Crippen molar-refractivity contribution in [3.63, 3.8) is 0 Å². The van der Waals surface area contributed by atoms with Crippen LogP contribution in [-0.4, -0.2) is 106 Å². The number of nitrogens with one attached hydrogen (secondary N) is 3. The van der Waals surface area contributed by atoms with E-state index in [1.54, 1.807) is 20.8 Å². The van der Waals surface area contributed by atoms with Gasteiger partial charge in [0.25, 0.3) is 11.9 Å². The lowest BCUT2D eigenvalue weighted by Gasteiger charge is -2.30. The van der Waals surface area contributed by atoms with Crippen LogP contribution >= 0.6 is 22.9 Å². The van der Waals surface area contributed by atoms with Gasteiger partial charge in [0.05, 0.1) is 17.8 Å². The lowest BCUT2D eigenvalue weighted by molar-refractivity contribution is -0.141. The second kappa shape index (κ2) is 18.2. The van der Waals surface area contributed by atoms with Gasteiger partial charge >= 0.3 is 16.3 Å². The first-order valence-corrected chi connectivity index (χ1v) is 23.9. The van der Waals surface area contributed by atoms with Crippen LogP contribution < -0.4 is 20.1 Å². The molecule has 0 spiro atoms. The summed E-state index contributed by atoms with van der Waals surface area (Å²) in [5, 5.41) is 8.92. The third kappa shape index (κ3) is 10.0. The molecule has 2 aromatic heterocycles. The average molecular weight is 924 g/mol. The molecule has 7 rings (SSSR count). The van der Waals surface area contributed by atoms with E-state index in [0.29, 0.717) is 23.4 Å². The molecular weight excluding hydrogens is 868 g/mol. The summed E-state index contributed by atoms with van der Waals surface area (Å²) in [6, 6.07) is 11.3. The molecule has 16 nitrogen and oxygen atoms in total. The van der Waals surface area contributed by atoms with Crippen LogP contribution in [0.2, 0.25) is 5.02 Å². The highest BCUT2D eigenvalue weighted by Crippen LogP contribution is 2.46. The number of amides is 4. The second-order valence-corrected chi connectivity index (χ2v) is 20.9. The quantitative estimate of drug-likeness (QED) is 0.154. The molecule has 5 atom stereocenters. The number of ether oxygens (including phenoxy) is 2. The first-order chi connectivity index (χ1) is 29.8. The number of carbonyl (C=O) groups is 4. The van der Waals surface area contributed by atoms with Crippen LogP contribution in [0.4, 0.5) is 4.79 Å². The molecule has 3 aliphatic rings. The number of alkyl carbamates (subject to hydrolysis) is 1. The predicted molar refractivity (Wildman–Crippen MR) is 241 cm³/mol. The molecule has 0 unspecified atom stereocenters. The van der Waals surface area contributed by atoms with Gasteiger partial charge in [-0.1, -0.05) is 60.9 Å². The molecular formula is C44H55ClN8O8S2. The van der Waals surface area contributed by atoms with Crippen LogP contribution in [0.1, 0.15) is 85.6 Å². The van der Waals surface area contributed by atoms with Gasteiger partial charge in [0.15, 0.2) is 0 Å². The maximum absolute atomic E-state index is 14.7. The summed E-state index contributed by atoms with van der Waals surface area (Å²) in [7, 11) is -1.61. The number of fused-ring (bicyclic) bond motifs is 3. The van der Waals surface area contributed by atoms with Crippen LogP contribution in [0.5, 0.6) is 6.01 Å². The molecule has 0 bridgehead atoms. The van der Waals surface area contributed by atoms with Crippen LogP contribution in [0.3, 0.4) is 0 Å². The summed E-state index contributed by atoms with van der Waals surface area (Å²) in [6.45, 7) is 9.13. The summed E-state index contributed by atoms with van der Waals surface area (Å²) < 4.78 is 42.9. The number of aromatic nitrogens is 3. The molecule has 4 aromatic rings. The molecule has 338 valence electrons. The highest BCUT2D eigenvalue weighted by Gasteiger charge is 2.62. The standard InChI is InChI=1S/C44H55ClN8O8S2/c1-26(2)53-34-21-15-18-30(38-46-33(25-62-38)29-17-13-14-19-31(29)45)36(34)48-41(53)60-28-22-35-37(54)49-44(40(56)50-63(58,59)51(6)7)23-27(44)16-11-9-8-10-12-20-32(39(55)52(35)24-28)47-42(57)61-43(3,4)5/h11,13-19,21,25-28,32,35H,8-10,12,20,22-24H2,1-7H3,(H,47,57)(H,49,54)(H,50,56)/b16-11-/t27-,28+,32-,35-,44+/m0/s1. The molecule has 1 saturated carbocycles. The topological polar surface area (TPSA) is 194 Å². The lowest BCUT2D eigenvalue weighted by Crippen LogP contribution is -2.58. The highest BCUT2D eigenvalue weighted by atomic mass is 35.5. The van der Waals surface area contributed by atoms with E-state index >= 15 is 0 Å². The fraction of sp³-hybridized carbons (Fsp3) is 0.500. The van der Waals surface area contributed by atoms with Gasteiger partial charge in [-0.3, -0.25) is 19.0 Å². The fourth-order valence-corrected chi connectivity index (χ4v) is 9.78. The number of allylic oxidation sites excluding steroid dienone is 1. The van der Waals surface area contributed by atoms with E-state index in [1.807, 2.05) is 78.4 Å². The van der Waals surface area contributed by atoms with Crippen molar-refractivity contribution in [3.8, 4) is 27.8 Å². The molecule has 1 aliphatic carbocycles. The molecule has 4 amide bonds. The molecule has 2 fully saturated rings. The van der Waals surface area contributed by atoms with Crippen LogP contribution in [-0.2, 0) is 29.3 Å². The Morgan fingerprint density at radius 1 is 1.05 bits per heavy atom. The Hall–Kier alpha value is -5.04. The van der Waals surface area contributed by atoms with Crippen molar-refractivity contribution in [1.29, 1.82) is 0 Å². The summed E-state index contributed by atoms with van der Waals surface area (Å²) in [5.41, 5.74) is 1.38. The third-order valence-corrected chi connectivity index (χ3v) is 14.0. The Morgan fingerprint density at radius 2 is 1.79 bits per heavy atom. The Labute approximate surface area is 376 Å². The zero-order valence-corrected chi connectivity index (χ0v) is 38.9. The zero-order chi connectivity index (χ0) is 45.4. The van der Waals surface area contributed by atoms with Crippen LogP contribution in [0, 0.1) is 5.92 Å². The maximum atomic E-state index is 14.7. The number of para-hydroxylation sites is 1.